The number of morpholine rings is 1. The number of benzene rings is 1. The smallest absolute Gasteiger partial charge is 0.252 e. The van der Waals surface area contributed by atoms with E-state index < -0.39 is 0 Å². The summed E-state index contributed by atoms with van der Waals surface area (Å²) >= 11 is 0. The Labute approximate surface area is 184 Å². The van der Waals surface area contributed by atoms with Crippen molar-refractivity contribution in [3.63, 3.8) is 0 Å². The van der Waals surface area contributed by atoms with E-state index in [4.69, 9.17) is 4.74 Å². The maximum Gasteiger partial charge on any atom is 0.252 e. The number of aryl methyl sites for hydroxylation is 1. The van der Waals surface area contributed by atoms with Gasteiger partial charge in [0, 0.05) is 43.0 Å². The van der Waals surface area contributed by atoms with Crippen molar-refractivity contribution in [1.82, 2.24) is 15.2 Å². The number of rotatable bonds is 5. The van der Waals surface area contributed by atoms with E-state index in [-0.39, 0.29) is 23.5 Å². The fraction of sp³-hybridized carbons (Fsp3) is 0.520. The minimum atomic E-state index is -0.360. The second kappa shape index (κ2) is 9.90. The Balaban J connectivity index is 1.52. The maximum atomic E-state index is 12.8. The van der Waals surface area contributed by atoms with Crippen LogP contribution in [0.3, 0.4) is 0 Å². The molecule has 2 aliphatic rings. The molecule has 1 aromatic heterocycles. The first-order chi connectivity index (χ1) is 15.1. The minimum Gasteiger partial charge on any atom is -0.391 e. The van der Waals surface area contributed by atoms with Crippen molar-refractivity contribution in [1.29, 1.82) is 0 Å². The highest BCUT2D eigenvalue weighted by Gasteiger charge is 2.40. The van der Waals surface area contributed by atoms with Crippen molar-refractivity contribution in [3.8, 4) is 0 Å². The lowest BCUT2D eigenvalue weighted by Gasteiger charge is -2.37. The van der Waals surface area contributed by atoms with Crippen LogP contribution in [0.5, 0.6) is 0 Å². The van der Waals surface area contributed by atoms with Crippen molar-refractivity contribution in [2.45, 2.75) is 50.2 Å². The third kappa shape index (κ3) is 5.14. The molecule has 0 radical (unpaired) electrons. The van der Waals surface area contributed by atoms with Crippen LogP contribution >= 0.6 is 0 Å². The molecular formula is C25H33N3O3. The molecule has 6 heteroatoms. The molecular weight excluding hydrogens is 390 g/mol. The highest BCUT2D eigenvalue weighted by atomic mass is 16.5. The first kappa shape index (κ1) is 21.9. The molecule has 1 aliphatic heterocycles. The molecule has 1 aliphatic carbocycles. The largest absolute Gasteiger partial charge is 0.391 e. The van der Waals surface area contributed by atoms with E-state index in [9.17, 15) is 9.90 Å². The summed E-state index contributed by atoms with van der Waals surface area (Å²) in [5.74, 6) is -0.0997. The molecule has 1 aromatic carbocycles. The fourth-order valence-electron chi connectivity index (χ4n) is 5.01. The van der Waals surface area contributed by atoms with Gasteiger partial charge in [-0.3, -0.25) is 14.7 Å². The number of carbonyl (C=O) groups is 1. The van der Waals surface area contributed by atoms with E-state index in [2.05, 4.69) is 39.5 Å². The van der Waals surface area contributed by atoms with E-state index in [1.165, 1.54) is 5.56 Å². The van der Waals surface area contributed by atoms with Crippen molar-refractivity contribution < 1.29 is 14.6 Å². The van der Waals surface area contributed by atoms with Crippen LogP contribution in [0.4, 0.5) is 0 Å². The van der Waals surface area contributed by atoms with E-state index in [0.717, 1.165) is 57.7 Å². The molecule has 31 heavy (non-hydrogen) atoms. The van der Waals surface area contributed by atoms with Crippen LogP contribution < -0.4 is 5.32 Å². The van der Waals surface area contributed by atoms with Crippen molar-refractivity contribution in [2.75, 3.05) is 32.8 Å². The van der Waals surface area contributed by atoms with Crippen LogP contribution in [0.1, 0.15) is 47.3 Å². The average molecular weight is 424 g/mol. The predicted octanol–water partition coefficient (Wildman–Crippen LogP) is 2.69. The monoisotopic (exact) mass is 423 g/mol. The Kier molecular flexibility index (Phi) is 7.00. The van der Waals surface area contributed by atoms with Crippen molar-refractivity contribution in [2.24, 2.45) is 0 Å². The topological polar surface area (TPSA) is 74.7 Å². The number of aliphatic hydroxyl groups is 1. The van der Waals surface area contributed by atoms with Gasteiger partial charge in [-0.15, -0.1) is 0 Å². The number of amides is 1. The molecule has 2 heterocycles. The molecule has 1 amide bonds. The van der Waals surface area contributed by atoms with Gasteiger partial charge < -0.3 is 15.2 Å². The van der Waals surface area contributed by atoms with E-state index in [0.29, 0.717) is 12.1 Å². The number of pyridine rings is 1. The molecule has 0 unspecified atom stereocenters. The third-order valence-electron chi connectivity index (χ3n) is 6.94. The zero-order valence-electron chi connectivity index (χ0n) is 18.3. The molecule has 6 nitrogen and oxygen atoms in total. The van der Waals surface area contributed by atoms with E-state index in [1.807, 2.05) is 25.1 Å². The Morgan fingerprint density at radius 2 is 1.90 bits per heavy atom. The van der Waals surface area contributed by atoms with Crippen molar-refractivity contribution >= 4 is 5.91 Å². The van der Waals surface area contributed by atoms with Gasteiger partial charge in [0.15, 0.2) is 0 Å². The molecule has 0 bridgehead atoms. The zero-order valence-corrected chi connectivity index (χ0v) is 18.3. The number of nitrogens with zero attached hydrogens (tertiary/aromatic N) is 2. The van der Waals surface area contributed by atoms with Crippen LogP contribution in [-0.4, -0.2) is 65.9 Å². The lowest BCUT2D eigenvalue weighted by Crippen LogP contribution is -2.48. The van der Waals surface area contributed by atoms with Gasteiger partial charge >= 0.3 is 0 Å². The molecule has 166 valence electrons. The lowest BCUT2D eigenvalue weighted by atomic mass is 9.74. The number of hydrogen-bond acceptors (Lipinski definition) is 5. The molecule has 2 aromatic rings. The SMILES string of the molecule is Cc1ccc(C(=O)NC[C@]2(c3ccccc3)CC[C@@H](O)[C@H](N3CCOCC3)CC2)cn1. The summed E-state index contributed by atoms with van der Waals surface area (Å²) in [4.78, 5) is 19.4. The summed E-state index contributed by atoms with van der Waals surface area (Å²) in [5.41, 5.74) is 2.50. The van der Waals surface area contributed by atoms with Gasteiger partial charge in [0.05, 0.1) is 24.9 Å². The van der Waals surface area contributed by atoms with Crippen LogP contribution in [0, 0.1) is 6.92 Å². The number of aliphatic hydroxyl groups excluding tert-OH is 1. The van der Waals surface area contributed by atoms with Crippen LogP contribution in [0.15, 0.2) is 48.7 Å². The summed E-state index contributed by atoms with van der Waals surface area (Å²) in [7, 11) is 0. The Hall–Kier alpha value is -2.28. The first-order valence-electron chi connectivity index (χ1n) is 11.3. The molecule has 2 N–H and O–H groups in total. The Morgan fingerprint density at radius 3 is 2.61 bits per heavy atom. The van der Waals surface area contributed by atoms with Gasteiger partial charge in [-0.25, -0.2) is 0 Å². The fourth-order valence-corrected chi connectivity index (χ4v) is 5.01. The highest BCUT2D eigenvalue weighted by molar-refractivity contribution is 5.93. The van der Waals surface area contributed by atoms with Gasteiger partial charge in [-0.1, -0.05) is 30.3 Å². The summed E-state index contributed by atoms with van der Waals surface area (Å²) in [6.07, 6.45) is 4.65. The molecule has 2 fully saturated rings. The van der Waals surface area contributed by atoms with Gasteiger partial charge in [0.2, 0.25) is 0 Å². The summed E-state index contributed by atoms with van der Waals surface area (Å²) in [6, 6.07) is 14.3. The molecule has 4 rings (SSSR count). The average Bonchev–Trinajstić information content (AvgIpc) is 2.99. The molecule has 0 spiro atoms. The summed E-state index contributed by atoms with van der Waals surface area (Å²) < 4.78 is 5.51. The number of ether oxygens (including phenoxy) is 1. The third-order valence-corrected chi connectivity index (χ3v) is 6.94. The van der Waals surface area contributed by atoms with Gasteiger partial charge in [0.25, 0.3) is 5.91 Å². The zero-order chi connectivity index (χ0) is 21.7. The predicted molar refractivity (Wildman–Crippen MR) is 120 cm³/mol. The second-order valence-corrected chi connectivity index (χ2v) is 8.88. The van der Waals surface area contributed by atoms with Crippen molar-refractivity contribution in [3.05, 3.63) is 65.5 Å². The molecule has 3 atom stereocenters. The van der Waals surface area contributed by atoms with Gasteiger partial charge in [-0.05, 0) is 50.3 Å². The second-order valence-electron chi connectivity index (χ2n) is 8.88. The summed E-state index contributed by atoms with van der Waals surface area (Å²) in [6.45, 7) is 5.66. The summed E-state index contributed by atoms with van der Waals surface area (Å²) in [5, 5.41) is 14.2. The number of hydrogen-bond donors (Lipinski definition) is 2. The molecule has 1 saturated heterocycles. The Bertz CT molecular complexity index is 852. The first-order valence-corrected chi connectivity index (χ1v) is 11.3. The van der Waals surface area contributed by atoms with Crippen LogP contribution in [-0.2, 0) is 10.2 Å². The van der Waals surface area contributed by atoms with Crippen LogP contribution in [0.25, 0.3) is 0 Å². The van der Waals surface area contributed by atoms with E-state index >= 15 is 0 Å². The number of nitrogens with one attached hydrogen (secondary N) is 1. The van der Waals surface area contributed by atoms with Gasteiger partial charge in [0.1, 0.15) is 0 Å². The lowest BCUT2D eigenvalue weighted by molar-refractivity contribution is -0.0236. The normalized spacial score (nSPS) is 27.4. The number of carbonyl (C=O) groups excluding carboxylic acids is 1. The Morgan fingerprint density at radius 1 is 1.16 bits per heavy atom. The van der Waals surface area contributed by atoms with E-state index in [1.54, 1.807) is 6.20 Å². The minimum absolute atomic E-state index is 0.0997. The molecule has 1 saturated carbocycles. The number of aromatic nitrogens is 1. The van der Waals surface area contributed by atoms with Gasteiger partial charge in [-0.2, -0.15) is 0 Å². The standard InChI is InChI=1S/C25H33N3O3/c1-19-7-8-20(17-26-19)24(30)27-18-25(21-5-3-2-4-6-21)11-9-22(23(29)10-12-25)28-13-15-31-16-14-28/h2-8,17,22-23,29H,9-16,18H2,1H3,(H,27,30)/t22-,23-,25-/m1/s1. The maximum absolute atomic E-state index is 12.8. The quantitative estimate of drug-likeness (QED) is 0.724. The van der Waals surface area contributed by atoms with Crippen LogP contribution in [0.2, 0.25) is 0 Å². The highest BCUT2D eigenvalue weighted by Crippen LogP contribution is 2.39.